The summed E-state index contributed by atoms with van der Waals surface area (Å²) in [6, 6.07) is 17.6. The molecule has 1 unspecified atom stereocenters. The summed E-state index contributed by atoms with van der Waals surface area (Å²) in [5, 5.41) is 9.80. The van der Waals surface area contributed by atoms with Crippen molar-refractivity contribution in [3.8, 4) is 17.1 Å². The normalized spacial score (nSPS) is 12.2. The number of aromatic nitrogens is 5. The van der Waals surface area contributed by atoms with E-state index in [4.69, 9.17) is 0 Å². The maximum Gasteiger partial charge on any atom is 0.196 e. The number of H-pyrrole nitrogens is 1. The highest BCUT2D eigenvalue weighted by Crippen LogP contribution is 2.33. The molecule has 3 heterocycles. The van der Waals surface area contributed by atoms with Crippen molar-refractivity contribution in [1.82, 2.24) is 24.7 Å². The van der Waals surface area contributed by atoms with Crippen LogP contribution in [0.1, 0.15) is 23.0 Å². The number of aryl methyl sites for hydroxylation is 1. The van der Waals surface area contributed by atoms with Crippen molar-refractivity contribution in [2.24, 2.45) is 0 Å². The molecule has 0 bridgehead atoms. The molecule has 5 aromatic rings. The molecule has 0 fully saturated rings. The minimum absolute atomic E-state index is 0.00840. The molecule has 2 aromatic carbocycles. The maximum absolute atomic E-state index is 13.6. The van der Waals surface area contributed by atoms with Crippen LogP contribution in [0.5, 0.6) is 0 Å². The highest BCUT2D eigenvalue weighted by atomic mass is 32.2. The topological polar surface area (TPSA) is 76.5 Å². The molecular weight excluding hydrogens is 437 g/mol. The quantitative estimate of drug-likeness (QED) is 0.264. The van der Waals surface area contributed by atoms with Gasteiger partial charge in [-0.3, -0.25) is 14.3 Å². The van der Waals surface area contributed by atoms with E-state index < -0.39 is 5.25 Å². The Balaban J connectivity index is 1.54. The lowest BCUT2D eigenvalue weighted by molar-refractivity contribution is 0.0995. The number of carbonyl (C=O) groups is 1. The first-order chi connectivity index (χ1) is 16.0. The summed E-state index contributed by atoms with van der Waals surface area (Å²) in [7, 11) is 0. The molecule has 0 saturated heterocycles. The van der Waals surface area contributed by atoms with E-state index in [0.29, 0.717) is 22.2 Å². The van der Waals surface area contributed by atoms with E-state index in [0.717, 1.165) is 22.2 Å². The third-order valence-corrected chi connectivity index (χ3v) is 6.49. The second-order valence-electron chi connectivity index (χ2n) is 7.65. The number of ketones is 1. The average molecular weight is 458 g/mol. The number of thioether (sulfide) groups is 1. The summed E-state index contributed by atoms with van der Waals surface area (Å²) >= 11 is 1.32. The lowest BCUT2D eigenvalue weighted by Crippen LogP contribution is -2.15. The number of fused-ring (bicyclic) bond motifs is 1. The third kappa shape index (κ3) is 3.93. The Morgan fingerprint density at radius 1 is 1.03 bits per heavy atom. The Bertz CT molecular complexity index is 1440. The molecule has 6 nitrogen and oxygen atoms in total. The number of hydrogen-bond acceptors (Lipinski definition) is 5. The van der Waals surface area contributed by atoms with Gasteiger partial charge >= 0.3 is 0 Å². The Morgan fingerprint density at radius 2 is 1.76 bits per heavy atom. The highest BCUT2D eigenvalue weighted by Gasteiger charge is 2.25. The van der Waals surface area contributed by atoms with Gasteiger partial charge in [-0.2, -0.15) is 0 Å². The molecule has 0 amide bonds. The number of nitrogens with zero attached hydrogens (tertiary/aromatic N) is 4. The van der Waals surface area contributed by atoms with Crippen LogP contribution in [0, 0.1) is 12.7 Å². The minimum atomic E-state index is -0.420. The number of aromatic amines is 1. The first-order valence-electron chi connectivity index (χ1n) is 10.4. The Morgan fingerprint density at radius 3 is 2.52 bits per heavy atom. The molecule has 0 aliphatic carbocycles. The van der Waals surface area contributed by atoms with Crippen molar-refractivity contribution >= 4 is 28.4 Å². The van der Waals surface area contributed by atoms with Crippen LogP contribution in [0.2, 0.25) is 0 Å². The van der Waals surface area contributed by atoms with Gasteiger partial charge in [-0.25, -0.2) is 4.39 Å². The number of pyridine rings is 1. The summed E-state index contributed by atoms with van der Waals surface area (Å²) < 4.78 is 15.4. The monoisotopic (exact) mass is 457 g/mol. The molecule has 0 aliphatic heterocycles. The first kappa shape index (κ1) is 21.1. The molecular formula is C25H20FN5OS. The minimum Gasteiger partial charge on any atom is -0.358 e. The third-order valence-electron chi connectivity index (χ3n) is 5.45. The van der Waals surface area contributed by atoms with Crippen LogP contribution < -0.4 is 0 Å². The summed E-state index contributed by atoms with van der Waals surface area (Å²) in [5.41, 5.74) is 3.99. The lowest BCUT2D eigenvalue weighted by atomic mass is 10.1. The van der Waals surface area contributed by atoms with Crippen LogP contribution in [0.4, 0.5) is 4.39 Å². The molecule has 164 valence electrons. The van der Waals surface area contributed by atoms with Crippen molar-refractivity contribution < 1.29 is 9.18 Å². The summed E-state index contributed by atoms with van der Waals surface area (Å²) in [4.78, 5) is 20.8. The molecule has 1 N–H and O–H groups in total. The molecule has 3 aromatic heterocycles. The number of para-hydroxylation sites is 1. The molecule has 8 heteroatoms. The van der Waals surface area contributed by atoms with Crippen LogP contribution in [-0.2, 0) is 0 Å². The van der Waals surface area contributed by atoms with Crippen LogP contribution >= 0.6 is 11.8 Å². The van der Waals surface area contributed by atoms with Crippen LogP contribution in [-0.4, -0.2) is 35.8 Å². The van der Waals surface area contributed by atoms with Crippen LogP contribution in [0.15, 0.2) is 78.2 Å². The molecule has 0 saturated carbocycles. The zero-order valence-electron chi connectivity index (χ0n) is 18.0. The SMILES string of the molecule is Cc1[nH]c2ccccc2c1C(=O)C(C)Sc1nnc(-c2ccncc2)n1-c1ccc(F)cc1. The van der Waals surface area contributed by atoms with Gasteiger partial charge in [0, 0.05) is 45.8 Å². The molecule has 1 atom stereocenters. The zero-order valence-corrected chi connectivity index (χ0v) is 18.8. The van der Waals surface area contributed by atoms with Gasteiger partial charge in [0.15, 0.2) is 16.8 Å². The fourth-order valence-corrected chi connectivity index (χ4v) is 4.79. The Labute approximate surface area is 193 Å². The zero-order chi connectivity index (χ0) is 22.9. The Hall–Kier alpha value is -3.78. The van der Waals surface area contributed by atoms with Crippen LogP contribution in [0.3, 0.4) is 0 Å². The van der Waals surface area contributed by atoms with Crippen molar-refractivity contribution in [3.63, 3.8) is 0 Å². The number of nitrogens with one attached hydrogen (secondary N) is 1. The predicted molar refractivity (Wildman–Crippen MR) is 127 cm³/mol. The van der Waals surface area contributed by atoms with Gasteiger partial charge in [0.05, 0.1) is 5.25 Å². The van der Waals surface area contributed by atoms with E-state index >= 15 is 0 Å². The summed E-state index contributed by atoms with van der Waals surface area (Å²) in [6.07, 6.45) is 3.36. The standard InChI is InChI=1S/C25H20FN5OS/c1-15-22(20-5-3-4-6-21(20)28-15)23(32)16(2)33-25-30-29-24(17-11-13-27-14-12-17)31(25)19-9-7-18(26)8-10-19/h3-14,16,28H,1-2H3. The van der Waals surface area contributed by atoms with Gasteiger partial charge in [-0.1, -0.05) is 30.0 Å². The van der Waals surface area contributed by atoms with Crippen molar-refractivity contribution in [2.75, 3.05) is 0 Å². The number of carbonyl (C=O) groups excluding carboxylic acids is 1. The van der Waals surface area contributed by atoms with E-state index in [9.17, 15) is 9.18 Å². The maximum atomic E-state index is 13.6. The van der Waals surface area contributed by atoms with E-state index in [2.05, 4.69) is 20.2 Å². The van der Waals surface area contributed by atoms with E-state index in [1.807, 2.05) is 54.8 Å². The number of halogens is 1. The largest absolute Gasteiger partial charge is 0.358 e. The Kier molecular flexibility index (Phi) is 5.51. The fourth-order valence-electron chi connectivity index (χ4n) is 3.87. The number of hydrogen-bond donors (Lipinski definition) is 1. The first-order valence-corrected chi connectivity index (χ1v) is 11.3. The van der Waals surface area contributed by atoms with Crippen molar-refractivity contribution in [3.05, 3.63) is 90.1 Å². The fraction of sp³-hybridized carbons (Fsp3) is 0.120. The molecule has 5 rings (SSSR count). The van der Waals surface area contributed by atoms with Gasteiger partial charge < -0.3 is 4.98 Å². The van der Waals surface area contributed by atoms with Gasteiger partial charge in [0.2, 0.25) is 0 Å². The average Bonchev–Trinajstić information content (AvgIpc) is 3.40. The van der Waals surface area contributed by atoms with E-state index in [1.54, 1.807) is 24.5 Å². The lowest BCUT2D eigenvalue weighted by Gasteiger charge is -2.13. The number of benzene rings is 2. The van der Waals surface area contributed by atoms with Gasteiger partial charge in [0.25, 0.3) is 0 Å². The molecule has 33 heavy (non-hydrogen) atoms. The van der Waals surface area contributed by atoms with Gasteiger partial charge in [-0.05, 0) is 56.3 Å². The van der Waals surface area contributed by atoms with E-state index in [-0.39, 0.29) is 11.6 Å². The second kappa shape index (κ2) is 8.63. The molecule has 0 spiro atoms. The summed E-state index contributed by atoms with van der Waals surface area (Å²) in [5.74, 6) is 0.272. The second-order valence-corrected chi connectivity index (χ2v) is 8.96. The molecule has 0 aliphatic rings. The predicted octanol–water partition coefficient (Wildman–Crippen LogP) is 5.62. The van der Waals surface area contributed by atoms with Gasteiger partial charge in [0.1, 0.15) is 5.82 Å². The molecule has 0 radical (unpaired) electrons. The summed E-state index contributed by atoms with van der Waals surface area (Å²) in [6.45, 7) is 3.77. The van der Waals surface area contributed by atoms with Crippen molar-refractivity contribution in [2.45, 2.75) is 24.3 Å². The smallest absolute Gasteiger partial charge is 0.196 e. The van der Waals surface area contributed by atoms with E-state index in [1.165, 1.54) is 23.9 Å². The van der Waals surface area contributed by atoms with Gasteiger partial charge in [-0.15, -0.1) is 10.2 Å². The number of Topliss-reactive ketones (excluding diaryl/α,β-unsaturated/α-hetero) is 1. The highest BCUT2D eigenvalue weighted by molar-refractivity contribution is 8.00. The number of rotatable bonds is 6. The van der Waals surface area contributed by atoms with Crippen molar-refractivity contribution in [1.29, 1.82) is 0 Å². The van der Waals surface area contributed by atoms with Crippen LogP contribution in [0.25, 0.3) is 28.0 Å².